The molecule has 6 heteroatoms. The van der Waals surface area contributed by atoms with Crippen LogP contribution in [0.5, 0.6) is 5.75 Å². The van der Waals surface area contributed by atoms with E-state index in [1.807, 2.05) is 31.2 Å². The Morgan fingerprint density at radius 3 is 2.29 bits per heavy atom. The van der Waals surface area contributed by atoms with E-state index in [4.69, 9.17) is 9.47 Å². The van der Waals surface area contributed by atoms with Crippen molar-refractivity contribution < 1.29 is 19.1 Å². The number of carbonyl (C=O) groups excluding carboxylic acids is 2. The maximum atomic E-state index is 13.4. The SMILES string of the molecule is CCOC(=O)c1ccc(CC(=O)NC(c2ccccc2)c2ccccc2N2CCCCCC2)cc1OCC. The fourth-order valence-corrected chi connectivity index (χ4v) is 5.04. The third-order valence-corrected chi connectivity index (χ3v) is 6.84. The molecule has 1 aliphatic rings. The average molecular weight is 515 g/mol. The van der Waals surface area contributed by atoms with Gasteiger partial charge in [0.05, 0.1) is 25.7 Å². The number of ether oxygens (including phenoxy) is 2. The summed E-state index contributed by atoms with van der Waals surface area (Å²) in [5.41, 5.74) is 4.45. The molecule has 1 atom stereocenters. The molecule has 4 rings (SSSR count). The molecule has 38 heavy (non-hydrogen) atoms. The average Bonchev–Trinajstić information content (AvgIpc) is 3.22. The van der Waals surface area contributed by atoms with Gasteiger partial charge in [-0.05, 0) is 56.0 Å². The number of carbonyl (C=O) groups is 2. The smallest absolute Gasteiger partial charge is 0.341 e. The summed E-state index contributed by atoms with van der Waals surface area (Å²) in [6.45, 7) is 6.38. The van der Waals surface area contributed by atoms with Crippen LogP contribution in [0, 0.1) is 0 Å². The minimum absolute atomic E-state index is 0.101. The van der Waals surface area contributed by atoms with Gasteiger partial charge in [0.25, 0.3) is 0 Å². The first-order valence-electron chi connectivity index (χ1n) is 13.7. The molecule has 1 saturated heterocycles. The second-order valence-corrected chi connectivity index (χ2v) is 9.53. The molecule has 0 spiro atoms. The van der Waals surface area contributed by atoms with Gasteiger partial charge in [-0.25, -0.2) is 4.79 Å². The summed E-state index contributed by atoms with van der Waals surface area (Å²) in [7, 11) is 0. The summed E-state index contributed by atoms with van der Waals surface area (Å²) in [6.07, 6.45) is 5.05. The molecule has 1 amide bonds. The number of rotatable bonds is 10. The number of nitrogens with one attached hydrogen (secondary N) is 1. The van der Waals surface area contributed by atoms with Gasteiger partial charge in [0.15, 0.2) is 0 Å². The molecular weight excluding hydrogens is 476 g/mol. The Kier molecular flexibility index (Phi) is 9.79. The van der Waals surface area contributed by atoms with Crippen molar-refractivity contribution in [1.29, 1.82) is 0 Å². The molecule has 1 unspecified atom stereocenters. The van der Waals surface area contributed by atoms with Crippen molar-refractivity contribution in [3.63, 3.8) is 0 Å². The van der Waals surface area contributed by atoms with Crippen molar-refractivity contribution in [2.75, 3.05) is 31.2 Å². The van der Waals surface area contributed by atoms with Crippen molar-refractivity contribution >= 4 is 17.6 Å². The molecule has 0 aromatic heterocycles. The molecule has 3 aromatic carbocycles. The fraction of sp³-hybridized carbons (Fsp3) is 0.375. The highest BCUT2D eigenvalue weighted by molar-refractivity contribution is 5.93. The summed E-state index contributed by atoms with van der Waals surface area (Å²) in [4.78, 5) is 28.2. The largest absolute Gasteiger partial charge is 0.493 e. The number of hydrogen-bond acceptors (Lipinski definition) is 5. The van der Waals surface area contributed by atoms with Gasteiger partial charge in [-0.3, -0.25) is 4.79 Å². The van der Waals surface area contributed by atoms with Crippen LogP contribution in [0.1, 0.15) is 72.6 Å². The molecule has 200 valence electrons. The summed E-state index contributed by atoms with van der Waals surface area (Å²) in [5.74, 6) is -0.0977. The molecule has 0 bridgehead atoms. The van der Waals surface area contributed by atoms with Crippen LogP contribution in [-0.4, -0.2) is 38.2 Å². The predicted octanol–water partition coefficient (Wildman–Crippen LogP) is 6.09. The summed E-state index contributed by atoms with van der Waals surface area (Å²) < 4.78 is 10.9. The normalized spacial score (nSPS) is 14.3. The molecule has 1 heterocycles. The number of nitrogens with zero attached hydrogens (tertiary/aromatic N) is 1. The summed E-state index contributed by atoms with van der Waals surface area (Å²) in [5, 5.41) is 3.30. The van der Waals surface area contributed by atoms with Gasteiger partial charge in [-0.15, -0.1) is 0 Å². The molecule has 0 saturated carbocycles. The minimum atomic E-state index is -0.429. The standard InChI is InChI=1S/C32H38N2O4/c1-3-37-29-22-24(18-19-27(29)32(36)38-4-2)23-30(35)33-31(25-14-8-7-9-15-25)26-16-10-11-17-28(26)34-20-12-5-6-13-21-34/h7-11,14-19,22,31H,3-6,12-13,20-21,23H2,1-2H3,(H,33,35). The number of hydrogen-bond donors (Lipinski definition) is 1. The van der Waals surface area contributed by atoms with E-state index in [2.05, 4.69) is 40.5 Å². The maximum Gasteiger partial charge on any atom is 0.341 e. The van der Waals surface area contributed by atoms with Crippen LogP contribution in [-0.2, 0) is 16.0 Å². The molecule has 1 aliphatic heterocycles. The zero-order chi connectivity index (χ0) is 26.7. The van der Waals surface area contributed by atoms with E-state index < -0.39 is 5.97 Å². The molecular formula is C32H38N2O4. The Bertz CT molecular complexity index is 1200. The van der Waals surface area contributed by atoms with Crippen LogP contribution in [0.4, 0.5) is 5.69 Å². The number of anilines is 1. The van der Waals surface area contributed by atoms with Gasteiger partial charge in [0, 0.05) is 24.3 Å². The first-order chi connectivity index (χ1) is 18.6. The molecule has 3 aromatic rings. The Morgan fingerprint density at radius 2 is 1.58 bits per heavy atom. The molecule has 1 N–H and O–H groups in total. The number of para-hydroxylation sites is 1. The zero-order valence-corrected chi connectivity index (χ0v) is 22.4. The van der Waals surface area contributed by atoms with Gasteiger partial charge in [-0.1, -0.05) is 67.4 Å². The van der Waals surface area contributed by atoms with Crippen LogP contribution in [0.25, 0.3) is 0 Å². The van der Waals surface area contributed by atoms with Crippen LogP contribution in [0.15, 0.2) is 72.8 Å². The number of benzene rings is 3. The Labute approximate surface area is 226 Å². The van der Waals surface area contributed by atoms with E-state index in [0.717, 1.165) is 29.8 Å². The minimum Gasteiger partial charge on any atom is -0.493 e. The van der Waals surface area contributed by atoms with E-state index >= 15 is 0 Å². The van der Waals surface area contributed by atoms with E-state index in [0.29, 0.717) is 17.9 Å². The van der Waals surface area contributed by atoms with E-state index in [-0.39, 0.29) is 25.0 Å². The Morgan fingerprint density at radius 1 is 0.868 bits per heavy atom. The topological polar surface area (TPSA) is 67.9 Å². The quantitative estimate of drug-likeness (QED) is 0.332. The van der Waals surface area contributed by atoms with Crippen LogP contribution in [0.3, 0.4) is 0 Å². The van der Waals surface area contributed by atoms with Gasteiger partial charge in [0.2, 0.25) is 5.91 Å². The van der Waals surface area contributed by atoms with Crippen molar-refractivity contribution in [1.82, 2.24) is 5.32 Å². The van der Waals surface area contributed by atoms with Crippen molar-refractivity contribution in [2.24, 2.45) is 0 Å². The van der Waals surface area contributed by atoms with Crippen molar-refractivity contribution in [3.8, 4) is 5.75 Å². The summed E-state index contributed by atoms with van der Waals surface area (Å²) >= 11 is 0. The highest BCUT2D eigenvalue weighted by Crippen LogP contribution is 2.32. The highest BCUT2D eigenvalue weighted by Gasteiger charge is 2.23. The molecule has 0 aliphatic carbocycles. The number of esters is 1. The lowest BCUT2D eigenvalue weighted by Gasteiger charge is -2.29. The maximum absolute atomic E-state index is 13.4. The lowest BCUT2D eigenvalue weighted by atomic mass is 9.96. The first-order valence-corrected chi connectivity index (χ1v) is 13.7. The van der Waals surface area contributed by atoms with Gasteiger partial charge >= 0.3 is 5.97 Å². The zero-order valence-electron chi connectivity index (χ0n) is 22.4. The van der Waals surface area contributed by atoms with E-state index in [1.54, 1.807) is 25.1 Å². The fourth-order valence-electron chi connectivity index (χ4n) is 5.04. The van der Waals surface area contributed by atoms with Gasteiger partial charge < -0.3 is 19.7 Å². The molecule has 6 nitrogen and oxygen atoms in total. The highest BCUT2D eigenvalue weighted by atomic mass is 16.5. The van der Waals surface area contributed by atoms with Crippen molar-refractivity contribution in [2.45, 2.75) is 52.0 Å². The van der Waals surface area contributed by atoms with Crippen LogP contribution in [0.2, 0.25) is 0 Å². The third-order valence-electron chi connectivity index (χ3n) is 6.84. The van der Waals surface area contributed by atoms with Crippen LogP contribution >= 0.6 is 0 Å². The lowest BCUT2D eigenvalue weighted by Crippen LogP contribution is -2.33. The lowest BCUT2D eigenvalue weighted by molar-refractivity contribution is -0.120. The Hall–Kier alpha value is -3.80. The summed E-state index contributed by atoms with van der Waals surface area (Å²) in [6, 6.07) is 23.5. The van der Waals surface area contributed by atoms with E-state index in [9.17, 15) is 9.59 Å². The molecule has 1 fully saturated rings. The second-order valence-electron chi connectivity index (χ2n) is 9.53. The first kappa shape index (κ1) is 27.2. The van der Waals surface area contributed by atoms with Gasteiger partial charge in [0.1, 0.15) is 11.3 Å². The number of amides is 1. The predicted molar refractivity (Wildman–Crippen MR) is 151 cm³/mol. The van der Waals surface area contributed by atoms with E-state index in [1.165, 1.54) is 31.4 Å². The van der Waals surface area contributed by atoms with Crippen LogP contribution < -0.4 is 15.0 Å². The second kappa shape index (κ2) is 13.7. The monoisotopic (exact) mass is 514 g/mol. The Balaban J connectivity index is 1.60. The third kappa shape index (κ3) is 6.94. The van der Waals surface area contributed by atoms with Crippen molar-refractivity contribution in [3.05, 3.63) is 95.1 Å². The molecule has 0 radical (unpaired) electrons. The van der Waals surface area contributed by atoms with Gasteiger partial charge in [-0.2, -0.15) is 0 Å².